The number of carboxylic acids is 1. The van der Waals surface area contributed by atoms with Crippen LogP contribution >= 0.6 is 44.0 Å². The van der Waals surface area contributed by atoms with Gasteiger partial charge in [-0.15, -0.1) is 11.7 Å². The number of aliphatic carboxylic acids is 1. The number of hydrogen-bond acceptors (Lipinski definition) is 21. The highest BCUT2D eigenvalue weighted by Gasteiger charge is 2.41. The van der Waals surface area contributed by atoms with Crippen molar-refractivity contribution in [2.24, 2.45) is 11.5 Å². The first kappa shape index (κ1) is 72.2. The quantitative estimate of drug-likeness (QED) is 0.0359. The minimum atomic E-state index is -1.75. The molecule has 35 heteroatoms. The summed E-state index contributed by atoms with van der Waals surface area (Å²) >= 11 is 4.03. The molecular formula is C50H76N14O17S4. The van der Waals surface area contributed by atoms with Gasteiger partial charge in [0.15, 0.2) is 0 Å². The summed E-state index contributed by atoms with van der Waals surface area (Å²) in [6.45, 7) is 7.45. The zero-order chi connectivity index (χ0) is 63.8. The second kappa shape index (κ2) is 35.4. The number of phenolic OH excluding ortho intramolecular Hbond substituents is 1. The van der Waals surface area contributed by atoms with E-state index in [1.165, 1.54) is 69.7 Å². The molecule has 472 valence electrons. The van der Waals surface area contributed by atoms with E-state index in [1.54, 1.807) is 6.92 Å². The van der Waals surface area contributed by atoms with Crippen molar-refractivity contribution in [1.29, 1.82) is 0 Å². The van der Waals surface area contributed by atoms with Gasteiger partial charge in [0.1, 0.15) is 66.2 Å². The van der Waals surface area contributed by atoms with E-state index in [9.17, 15) is 82.4 Å². The van der Waals surface area contributed by atoms with Crippen molar-refractivity contribution in [3.8, 4) is 5.75 Å². The minimum absolute atomic E-state index is 0.0490. The maximum atomic E-state index is 14.3. The molecule has 2 fully saturated rings. The molecule has 2 heterocycles. The second-order valence-corrected chi connectivity index (χ2v) is 24.1. The number of rotatable bonds is 23. The number of thiol groups is 1. The zero-order valence-electron chi connectivity index (χ0n) is 47.4. The number of aromatic hydroxyl groups is 1. The number of carbonyl (C=O) groups excluding carboxylic acids is 13. The Morgan fingerprint density at radius 1 is 0.741 bits per heavy atom. The van der Waals surface area contributed by atoms with E-state index in [2.05, 4.69) is 70.1 Å². The van der Waals surface area contributed by atoms with Crippen molar-refractivity contribution in [3.63, 3.8) is 0 Å². The Morgan fingerprint density at radius 3 is 1.93 bits per heavy atom. The number of phenols is 1. The van der Waals surface area contributed by atoms with Crippen LogP contribution in [-0.2, 0) is 73.5 Å². The summed E-state index contributed by atoms with van der Waals surface area (Å²) in [5.41, 5.74) is 12.1. The molecule has 0 bridgehead atoms. The van der Waals surface area contributed by atoms with Crippen molar-refractivity contribution < 1.29 is 82.4 Å². The molecular weight excluding hydrogens is 1200 g/mol. The van der Waals surface area contributed by atoms with Crippen LogP contribution in [-0.4, -0.2) is 212 Å². The number of carboxylic acid groups (broad SMARTS) is 1. The van der Waals surface area contributed by atoms with Crippen LogP contribution in [0.3, 0.4) is 0 Å². The third kappa shape index (κ3) is 24.4. The van der Waals surface area contributed by atoms with E-state index < -0.39 is 181 Å². The predicted octanol–water partition coefficient (Wildman–Crippen LogP) is -5.59. The summed E-state index contributed by atoms with van der Waals surface area (Å²) in [5.74, 6) is -13.3. The first-order valence-electron chi connectivity index (χ1n) is 26.8. The Balaban J connectivity index is 1.81. The number of carbonyl (C=O) groups is 14. The molecule has 2 aliphatic heterocycles. The van der Waals surface area contributed by atoms with Crippen LogP contribution in [0.2, 0.25) is 0 Å². The van der Waals surface area contributed by atoms with Gasteiger partial charge in [0.2, 0.25) is 76.8 Å². The van der Waals surface area contributed by atoms with Crippen LogP contribution in [0.5, 0.6) is 5.75 Å². The number of nitrogens with two attached hydrogens (primary N) is 2. The summed E-state index contributed by atoms with van der Waals surface area (Å²) in [7, 11) is 3.08. The van der Waals surface area contributed by atoms with Crippen LogP contribution in [0.1, 0.15) is 79.2 Å². The highest BCUT2D eigenvalue weighted by atomic mass is 33.1. The second-order valence-electron chi connectivity index (χ2n) is 20.2. The molecule has 0 unspecified atom stereocenters. The normalized spacial score (nSPS) is 23.1. The first-order chi connectivity index (χ1) is 39.9. The zero-order valence-corrected chi connectivity index (χ0v) is 50.8. The summed E-state index contributed by atoms with van der Waals surface area (Å²) in [4.78, 5) is 187. The molecule has 0 spiro atoms. The van der Waals surface area contributed by atoms with Crippen molar-refractivity contribution in [2.75, 3.05) is 30.3 Å². The Hall–Kier alpha value is -7.08. The summed E-state index contributed by atoms with van der Waals surface area (Å²) < 4.78 is 0. The molecule has 18 N–H and O–H groups in total. The van der Waals surface area contributed by atoms with E-state index in [1.807, 2.05) is 0 Å². The van der Waals surface area contributed by atoms with Gasteiger partial charge in [-0.3, -0.25) is 67.1 Å². The number of aliphatic hydroxyl groups is 1. The van der Waals surface area contributed by atoms with Gasteiger partial charge in [0.25, 0.3) is 0 Å². The average molecular weight is 1270 g/mol. The van der Waals surface area contributed by atoms with Gasteiger partial charge >= 0.3 is 5.97 Å². The summed E-state index contributed by atoms with van der Waals surface area (Å²) in [6, 6.07) is -10.8. The third-order valence-corrected chi connectivity index (χ3v) is 16.5. The Labute approximate surface area is 506 Å². The first-order valence-corrected chi connectivity index (χ1v) is 31.3. The standard InChI is InChI=1S/C50H76N14O17S4/c1-22(19-83-82)54-37(68)18-53-49(80)39(27(6)65)63-43(74)26(5)55-40(71)23(2)58-48(79)35-8-7-15-64(35)50(81)33(17-36(52)67)61-47(78)34-21-85-84-20-30(51)44(75)56-24(3)41(72)59-31(13-14-38(69)70)45(76)60-32(16-28-9-11-29(66)12-10-28)46(77)57-25(4)42(73)62-34/h9-12,22-27,30-35,39,65-66,82H,7-8,13-21,51H2,1-6H3,(H2,52,67)(H,53,80)(H,54,68)(H,55,71)(H,56,75)(H,57,77)(H,58,79)(H,59,72)(H,60,76)(H,61,78)(H,62,73)(H,63,74)(H,69,70)/t22-,23+,24+,25+,26+,27+,30+,31+,32+,33+,34+,35+,39+/m1/s1. The smallest absolute Gasteiger partial charge is 0.303 e. The molecule has 31 nitrogen and oxygen atoms in total. The molecule has 13 amide bonds. The third-order valence-electron chi connectivity index (χ3n) is 12.9. The predicted molar refractivity (Wildman–Crippen MR) is 314 cm³/mol. The molecule has 13 atom stereocenters. The maximum Gasteiger partial charge on any atom is 0.303 e. The molecule has 0 saturated carbocycles. The largest absolute Gasteiger partial charge is 0.508 e. The maximum absolute atomic E-state index is 14.3. The fourth-order valence-corrected chi connectivity index (χ4v) is 11.4. The molecule has 2 aliphatic rings. The van der Waals surface area contributed by atoms with Gasteiger partial charge in [-0.05, 0) is 78.5 Å². The van der Waals surface area contributed by atoms with E-state index in [0.29, 0.717) is 11.3 Å². The Kier molecular flexibility index (Phi) is 30.1. The molecule has 0 radical (unpaired) electrons. The number of benzene rings is 1. The number of amides is 13. The van der Waals surface area contributed by atoms with Gasteiger partial charge in [-0.2, -0.15) is 0 Å². The fraction of sp³-hybridized carbons (Fsp3) is 0.600. The minimum Gasteiger partial charge on any atom is -0.508 e. The van der Waals surface area contributed by atoms with Crippen LogP contribution in [0.4, 0.5) is 0 Å². The number of primary amides is 1. The molecule has 1 aromatic carbocycles. The summed E-state index contributed by atoms with van der Waals surface area (Å²) in [5, 5.41) is 56.4. The number of aliphatic hydroxyl groups excluding tert-OH is 1. The van der Waals surface area contributed by atoms with Crippen LogP contribution < -0.4 is 70.0 Å². The molecule has 85 heavy (non-hydrogen) atoms. The SMILES string of the molecule is C[C@H](CSS)NC(=O)CNC(=O)[C@@H](NC(=O)[C@H](C)NC(=O)[C@H](C)NC(=O)[C@@H]1CCCN1C(=O)[C@H](CC(N)=O)NC(=O)[C@@H]1CSSC[C@H](N)C(=O)N[C@@H](C)C(=O)N[C@@H](CCC(=O)O)C(=O)N[C@@H](Cc2ccc(O)cc2)C(=O)N[C@@H](C)C(=O)N1)[C@H](C)O. The molecule has 0 aromatic heterocycles. The topological polar surface area (TPSA) is 487 Å². The van der Waals surface area contributed by atoms with Gasteiger partial charge in [0.05, 0.1) is 25.1 Å². The molecule has 1 aromatic rings. The lowest BCUT2D eigenvalue weighted by Crippen LogP contribution is -2.61. The van der Waals surface area contributed by atoms with Crippen molar-refractivity contribution in [1.82, 2.24) is 63.4 Å². The number of likely N-dealkylation sites (tertiary alicyclic amines) is 1. The lowest BCUT2D eigenvalue weighted by molar-refractivity contribution is -0.143. The Bertz CT molecular complexity index is 2610. The van der Waals surface area contributed by atoms with Gasteiger partial charge in [-0.25, -0.2) is 0 Å². The van der Waals surface area contributed by atoms with Crippen molar-refractivity contribution in [3.05, 3.63) is 29.8 Å². The van der Waals surface area contributed by atoms with Crippen LogP contribution in [0, 0.1) is 0 Å². The van der Waals surface area contributed by atoms with Crippen LogP contribution in [0.15, 0.2) is 24.3 Å². The molecule has 3 rings (SSSR count). The lowest BCUT2D eigenvalue weighted by Gasteiger charge is -2.30. The molecule has 2 saturated heterocycles. The highest BCUT2D eigenvalue weighted by molar-refractivity contribution is 8.76. The van der Waals surface area contributed by atoms with Crippen molar-refractivity contribution in [2.45, 2.75) is 159 Å². The summed E-state index contributed by atoms with van der Waals surface area (Å²) in [6.07, 6.45) is -3.29. The highest BCUT2D eigenvalue weighted by Crippen LogP contribution is 2.24. The van der Waals surface area contributed by atoms with E-state index in [4.69, 9.17) is 11.5 Å². The number of nitrogens with zero attached hydrogens (tertiary/aromatic N) is 1. The molecule has 0 aliphatic carbocycles. The van der Waals surface area contributed by atoms with Gasteiger partial charge in [-0.1, -0.05) is 44.5 Å². The van der Waals surface area contributed by atoms with E-state index >= 15 is 0 Å². The average Bonchev–Trinajstić information content (AvgIpc) is 4.15. The van der Waals surface area contributed by atoms with E-state index in [-0.39, 0.29) is 49.1 Å². The number of hydrogen-bond donors (Lipinski definition) is 17. The van der Waals surface area contributed by atoms with Gasteiger partial charge in [0, 0.05) is 42.7 Å². The van der Waals surface area contributed by atoms with Gasteiger partial charge < -0.3 is 90.2 Å². The monoisotopic (exact) mass is 1270 g/mol. The lowest BCUT2D eigenvalue weighted by atomic mass is 10.0. The van der Waals surface area contributed by atoms with E-state index in [0.717, 1.165) is 26.5 Å². The number of nitrogens with one attached hydrogen (secondary N) is 11. The van der Waals surface area contributed by atoms with Crippen molar-refractivity contribution >= 4 is 127 Å². The Morgan fingerprint density at radius 2 is 1.32 bits per heavy atom. The van der Waals surface area contributed by atoms with Crippen LogP contribution in [0.25, 0.3) is 0 Å². The fourth-order valence-electron chi connectivity index (χ4n) is 8.14.